The number of hydrogen-bond acceptors (Lipinski definition) is 32. The fourth-order valence-corrected chi connectivity index (χ4v) is 16.0. The third-order valence-corrected chi connectivity index (χ3v) is 22.0. The van der Waals surface area contributed by atoms with Crippen molar-refractivity contribution in [3.63, 3.8) is 0 Å². The molecule has 652 valence electrons. The number of methoxy groups -OCH3 is 6. The zero-order chi connectivity index (χ0) is 89.7. The van der Waals surface area contributed by atoms with E-state index in [1.165, 1.54) is 24.2 Å². The van der Waals surface area contributed by atoms with Crippen LogP contribution in [-0.2, 0) is 34.5 Å². The summed E-state index contributed by atoms with van der Waals surface area (Å²) in [6.45, 7) is 2.21. The highest BCUT2D eigenvalue weighted by Crippen LogP contribution is 2.44. The van der Waals surface area contributed by atoms with Gasteiger partial charge in [0.15, 0.2) is 22.2 Å². The first kappa shape index (κ1) is 85.6. The summed E-state index contributed by atoms with van der Waals surface area (Å²) in [7, 11) is 13.1. The smallest absolute Gasteiger partial charge is 0.223 e. The Bertz CT molecular complexity index is 7610. The summed E-state index contributed by atoms with van der Waals surface area (Å²) in [5, 5.41) is 17.4. The van der Waals surface area contributed by atoms with Gasteiger partial charge in [0.1, 0.15) is 45.8 Å². The summed E-state index contributed by atoms with van der Waals surface area (Å²) in [6, 6.07) is 52.9. The minimum absolute atomic E-state index is 0.111. The summed E-state index contributed by atoms with van der Waals surface area (Å²) < 4.78 is 50.3. The van der Waals surface area contributed by atoms with Gasteiger partial charge in [-0.25, -0.2) is 69.8 Å². The number of hydrogen-bond donors (Lipinski definition) is 8. The van der Waals surface area contributed by atoms with E-state index in [4.69, 9.17) is 63.2 Å². The Labute approximate surface area is 748 Å². The largest absolute Gasteiger partial charge is 0.497 e. The molecule has 0 saturated carbocycles. The van der Waals surface area contributed by atoms with Gasteiger partial charge in [-0.3, -0.25) is 27.2 Å². The van der Waals surface area contributed by atoms with Crippen LogP contribution in [-0.4, -0.2) is 154 Å². The highest BCUT2D eigenvalue weighted by molar-refractivity contribution is 7.94. The second-order valence-corrected chi connectivity index (χ2v) is 30.1. The van der Waals surface area contributed by atoms with Crippen LogP contribution in [0.1, 0.15) is 22.3 Å². The van der Waals surface area contributed by atoms with Crippen LogP contribution in [0.4, 0.5) is 35.7 Å². The van der Waals surface area contributed by atoms with Gasteiger partial charge in [-0.05, 0) is 131 Å². The Morgan fingerprint density at radius 1 is 0.331 bits per heavy atom. The number of rotatable bonds is 26. The molecule has 0 spiro atoms. The van der Waals surface area contributed by atoms with Crippen molar-refractivity contribution in [2.45, 2.75) is 36.5 Å². The molecule has 0 aliphatic carbocycles. The van der Waals surface area contributed by atoms with Gasteiger partial charge in [0.05, 0.1) is 147 Å². The van der Waals surface area contributed by atoms with Crippen molar-refractivity contribution in [1.29, 1.82) is 0 Å². The Kier molecular flexibility index (Phi) is 25.6. The summed E-state index contributed by atoms with van der Waals surface area (Å²) >= 11 is 2.27. The van der Waals surface area contributed by atoms with E-state index in [2.05, 4.69) is 86.1 Å². The maximum Gasteiger partial charge on any atom is 0.223 e. The Hall–Kier alpha value is -16.6. The van der Waals surface area contributed by atoms with Crippen molar-refractivity contribution in [3.8, 4) is 79.5 Å². The molecule has 20 rings (SSSR count). The number of fused-ring (bicyclic) bond motifs is 12. The van der Waals surface area contributed by atoms with Gasteiger partial charge in [0, 0.05) is 135 Å². The molecule has 4 aromatic carbocycles. The SMILES string of the molecule is COSc1nccc(-c2c3c(OC)ccnc3n3c(SOC)nccc23)n1.COc1ccc(CNc2nccc(-c3c4c(=O)cc[nH]c4n4c(NCc5ccc(OC)cc5)nccc34)n2)cc1.COc1ccc(CNc2nccc(-c3c4c(OC)ccnc4n4c(NCc5ccc(OC)cc5)nccc34)n2)cc1.Nc1nccc(-c2c3c(=O)cc[nH]c3n3c(N)nccc23)n1. The molecule has 0 radical (unpaired) electrons. The Morgan fingerprint density at radius 2 is 0.700 bits per heavy atom. The number of aromatic amines is 2. The lowest BCUT2D eigenvalue weighted by atomic mass is 10.1. The van der Waals surface area contributed by atoms with Crippen LogP contribution in [0.15, 0.2) is 264 Å². The van der Waals surface area contributed by atoms with Crippen LogP contribution in [0.25, 0.3) is 111 Å². The van der Waals surface area contributed by atoms with E-state index in [1.54, 1.807) is 148 Å². The number of nitrogens with zero attached hydrogens (tertiary/aromatic N) is 18. The molecule has 36 nitrogen and oxygen atoms in total. The quantitative estimate of drug-likeness (QED) is 0.0184. The number of ether oxygens (including phenoxy) is 6. The average molecular weight is 1780 g/mol. The monoisotopic (exact) mass is 1770 g/mol. The molecular formula is C92H82N26O10S2. The molecule has 20 aromatic rings. The standard InChI is InChI=1S/C31H29N7O3.C30H27N7O3.C17H15N5O3S2.C14H11N7O/c1-39-22-8-4-20(5-9-22)18-35-30-33-15-12-24(37-30)27-25-13-16-34-31(36-19-21-6-10-23(40-2)11-7-21)38(25)29-28(27)26(41-3)14-17-32-29;1-39-21-7-3-19(4-8-21)17-34-29-32-14-11-23(36-29)26-24-12-15-33-30(35-18-20-5-9-22(40-2)10-6-20)37(24)28-27(26)25(38)13-16-31-28;1-23-12-6-9-18-15-14(12)13(10-4-7-19-16(21-10)26-24-2)11-5-8-20-17(22(11)15)27-25-3;15-13-18-4-1-7(20-13)10-8-2-5-19-14(16)21(8)12-11(10)9(22)3-6-17-12/h4-17H,18-19H2,1-3H3,(H,34,36)(H,33,35,37);3-16H,17-18H2,1-2H3,(H,31,38)(H,33,35)(H,32,34,36);4-9H,1-3H3;1-6H,(H2,16,19)(H,17,22)(H2,15,18,20). The number of nitrogens with one attached hydrogen (secondary N) is 6. The number of pyridine rings is 4. The summed E-state index contributed by atoms with van der Waals surface area (Å²) in [4.78, 5) is 94.4. The van der Waals surface area contributed by atoms with Crippen LogP contribution in [0, 0.1) is 0 Å². The van der Waals surface area contributed by atoms with Crippen molar-refractivity contribution in [3.05, 3.63) is 287 Å². The average Bonchev–Trinajstić information content (AvgIpc) is 1.58. The topological polar surface area (TPSA) is 438 Å². The molecule has 0 aliphatic rings. The lowest BCUT2D eigenvalue weighted by Crippen LogP contribution is -2.07. The number of nitrogens with two attached hydrogens (primary N) is 2. The molecular weight excluding hydrogens is 1690 g/mol. The van der Waals surface area contributed by atoms with E-state index >= 15 is 0 Å². The van der Waals surface area contributed by atoms with Crippen molar-refractivity contribution >= 4 is 126 Å². The predicted octanol–water partition coefficient (Wildman–Crippen LogP) is 14.9. The van der Waals surface area contributed by atoms with Gasteiger partial charge in [0.25, 0.3) is 0 Å². The third kappa shape index (κ3) is 17.7. The highest BCUT2D eigenvalue weighted by atomic mass is 32.2. The minimum Gasteiger partial charge on any atom is -0.497 e. The molecule has 16 heterocycles. The van der Waals surface area contributed by atoms with E-state index in [1.807, 2.05) is 159 Å². The normalized spacial score (nSPS) is 11.1. The number of benzene rings is 4. The molecule has 0 amide bonds. The van der Waals surface area contributed by atoms with Gasteiger partial charge in [0.2, 0.25) is 46.0 Å². The lowest BCUT2D eigenvalue weighted by Gasteiger charge is -2.10. The Morgan fingerprint density at radius 3 is 1.16 bits per heavy atom. The van der Waals surface area contributed by atoms with Crippen LogP contribution < -0.4 is 72.0 Å². The maximum atomic E-state index is 13.2. The van der Waals surface area contributed by atoms with Gasteiger partial charge in [-0.1, -0.05) is 48.5 Å². The molecule has 0 aliphatic heterocycles. The molecule has 0 saturated heterocycles. The molecule has 0 bridgehead atoms. The number of aromatic nitrogens is 20. The van der Waals surface area contributed by atoms with Crippen LogP contribution in [0.3, 0.4) is 0 Å². The molecule has 10 N–H and O–H groups in total. The number of anilines is 6. The second-order valence-electron chi connectivity index (χ2n) is 28.4. The molecule has 0 atom stereocenters. The highest BCUT2D eigenvalue weighted by Gasteiger charge is 2.27. The first-order chi connectivity index (χ1) is 63.8. The molecule has 130 heavy (non-hydrogen) atoms. The molecule has 16 aromatic heterocycles. The fourth-order valence-electron chi connectivity index (χ4n) is 15.1. The van der Waals surface area contributed by atoms with Crippen molar-refractivity contribution in [1.82, 2.24) is 97.3 Å². The Balaban J connectivity index is 0.000000125. The first-order valence-corrected chi connectivity index (χ1v) is 41.6. The maximum absolute atomic E-state index is 13.2. The third-order valence-electron chi connectivity index (χ3n) is 20.9. The van der Waals surface area contributed by atoms with E-state index in [0.29, 0.717) is 128 Å². The van der Waals surface area contributed by atoms with Crippen molar-refractivity contribution < 1.29 is 36.8 Å². The van der Waals surface area contributed by atoms with E-state index < -0.39 is 0 Å². The minimum atomic E-state index is -0.135. The predicted molar refractivity (Wildman–Crippen MR) is 501 cm³/mol. The first-order valence-electron chi connectivity index (χ1n) is 40.2. The lowest BCUT2D eigenvalue weighted by molar-refractivity contribution is 0.414. The van der Waals surface area contributed by atoms with E-state index in [0.717, 1.165) is 113 Å². The zero-order valence-electron chi connectivity index (χ0n) is 71.0. The van der Waals surface area contributed by atoms with Gasteiger partial charge >= 0.3 is 0 Å². The summed E-state index contributed by atoms with van der Waals surface area (Å²) in [6.07, 6.45) is 20.2. The van der Waals surface area contributed by atoms with E-state index in [9.17, 15) is 9.59 Å². The van der Waals surface area contributed by atoms with Crippen molar-refractivity contribution in [2.75, 3.05) is 89.6 Å². The molecule has 38 heteroatoms. The second kappa shape index (κ2) is 38.9. The van der Waals surface area contributed by atoms with Crippen LogP contribution >= 0.6 is 24.1 Å². The van der Waals surface area contributed by atoms with E-state index in [-0.39, 0.29) is 22.8 Å². The van der Waals surface area contributed by atoms with Crippen molar-refractivity contribution in [2.24, 2.45) is 0 Å². The molecule has 0 fully saturated rings. The zero-order valence-corrected chi connectivity index (χ0v) is 72.7. The summed E-state index contributed by atoms with van der Waals surface area (Å²) in [5.41, 5.74) is 27.4. The van der Waals surface area contributed by atoms with Gasteiger partial charge < -0.3 is 79.5 Å². The number of H-pyrrole nitrogens is 2. The van der Waals surface area contributed by atoms with Gasteiger partial charge in [-0.2, -0.15) is 0 Å². The van der Waals surface area contributed by atoms with Crippen LogP contribution in [0.2, 0.25) is 0 Å². The van der Waals surface area contributed by atoms with Crippen LogP contribution in [0.5, 0.6) is 34.5 Å². The number of nitrogen functional groups attached to an aromatic ring is 2. The summed E-state index contributed by atoms with van der Waals surface area (Å²) in [5.74, 6) is 7.26. The fraction of sp³-hybridized carbons (Fsp3) is 0.130. The van der Waals surface area contributed by atoms with Gasteiger partial charge in [-0.15, -0.1) is 0 Å². The molecule has 0 unspecified atom stereocenters.